The van der Waals surface area contributed by atoms with Crippen molar-refractivity contribution in [1.82, 2.24) is 5.16 Å². The van der Waals surface area contributed by atoms with Gasteiger partial charge in [-0.1, -0.05) is 35.5 Å². The highest BCUT2D eigenvalue weighted by atomic mass is 32.2. The highest BCUT2D eigenvalue weighted by Crippen LogP contribution is 2.29. The Hall–Kier alpha value is -1.55. The molecule has 0 fully saturated rings. The number of nitrogens with zero attached hydrogens (tertiary/aromatic N) is 1. The van der Waals surface area contributed by atoms with Crippen LogP contribution in [0.25, 0.3) is 0 Å². The number of hydrogen-bond donors (Lipinski definition) is 0. The van der Waals surface area contributed by atoms with Crippen molar-refractivity contribution in [2.45, 2.75) is 24.5 Å². The lowest BCUT2D eigenvalue weighted by molar-refractivity contribution is 0.100. The number of carbonyl (C=O) groups excluding carboxylic acids is 1. The van der Waals surface area contributed by atoms with Gasteiger partial charge in [0.05, 0.1) is 4.90 Å². The van der Waals surface area contributed by atoms with Gasteiger partial charge in [0.2, 0.25) is 0 Å². The van der Waals surface area contributed by atoms with E-state index in [1.807, 2.05) is 25.1 Å². The SMILES string of the molecule is CC(=O)c1noc(C)c1SCc1ccccc1. The molecule has 2 rings (SSSR count). The number of hydrogen-bond acceptors (Lipinski definition) is 4. The zero-order valence-electron chi connectivity index (χ0n) is 9.77. The molecule has 0 spiro atoms. The van der Waals surface area contributed by atoms with E-state index in [2.05, 4.69) is 17.3 Å². The van der Waals surface area contributed by atoms with Crippen LogP contribution in [0, 0.1) is 6.92 Å². The highest BCUT2D eigenvalue weighted by Gasteiger charge is 2.16. The molecule has 88 valence electrons. The van der Waals surface area contributed by atoms with Crippen LogP contribution in [0.3, 0.4) is 0 Å². The minimum Gasteiger partial charge on any atom is -0.360 e. The van der Waals surface area contributed by atoms with Crippen molar-refractivity contribution in [2.75, 3.05) is 0 Å². The van der Waals surface area contributed by atoms with Gasteiger partial charge in [-0.15, -0.1) is 11.8 Å². The van der Waals surface area contributed by atoms with E-state index in [9.17, 15) is 4.79 Å². The summed E-state index contributed by atoms with van der Waals surface area (Å²) in [7, 11) is 0. The van der Waals surface area contributed by atoms with E-state index in [1.54, 1.807) is 11.8 Å². The van der Waals surface area contributed by atoms with Crippen molar-refractivity contribution in [3.63, 3.8) is 0 Å². The molecule has 1 aromatic carbocycles. The standard InChI is InChI=1S/C13H13NO2S/c1-9(15)12-13(10(2)16-14-12)17-8-11-6-4-3-5-7-11/h3-7H,8H2,1-2H3. The molecule has 0 aliphatic heterocycles. The van der Waals surface area contributed by atoms with Crippen molar-refractivity contribution in [3.05, 3.63) is 47.3 Å². The first kappa shape index (κ1) is 11.9. The van der Waals surface area contributed by atoms with Crippen LogP contribution >= 0.6 is 11.8 Å². The van der Waals surface area contributed by atoms with Gasteiger partial charge < -0.3 is 4.52 Å². The second-order valence-corrected chi connectivity index (χ2v) is 4.73. The molecule has 17 heavy (non-hydrogen) atoms. The van der Waals surface area contributed by atoms with E-state index in [1.165, 1.54) is 12.5 Å². The molecule has 0 radical (unpaired) electrons. The summed E-state index contributed by atoms with van der Waals surface area (Å²) in [6, 6.07) is 10.1. The lowest BCUT2D eigenvalue weighted by Gasteiger charge is -2.01. The topological polar surface area (TPSA) is 43.1 Å². The fraction of sp³-hybridized carbons (Fsp3) is 0.231. The van der Waals surface area contributed by atoms with Gasteiger partial charge >= 0.3 is 0 Å². The summed E-state index contributed by atoms with van der Waals surface area (Å²) >= 11 is 1.58. The van der Waals surface area contributed by atoms with Crippen LogP contribution in [0.1, 0.15) is 28.7 Å². The minimum atomic E-state index is -0.0580. The van der Waals surface area contributed by atoms with Crippen LogP contribution in [0.4, 0.5) is 0 Å². The third kappa shape index (κ3) is 2.77. The van der Waals surface area contributed by atoms with Crippen molar-refractivity contribution >= 4 is 17.5 Å². The first-order valence-electron chi connectivity index (χ1n) is 5.32. The van der Waals surface area contributed by atoms with Gasteiger partial charge in [-0.3, -0.25) is 4.79 Å². The lowest BCUT2D eigenvalue weighted by Crippen LogP contribution is -1.94. The third-order valence-corrected chi connectivity index (χ3v) is 3.62. The average Bonchev–Trinajstić information content (AvgIpc) is 2.69. The molecule has 0 unspecified atom stereocenters. The van der Waals surface area contributed by atoms with Gasteiger partial charge in [-0.2, -0.15) is 0 Å². The second kappa shape index (κ2) is 5.19. The minimum absolute atomic E-state index is 0.0580. The number of aromatic nitrogens is 1. The molecule has 0 amide bonds. The molecule has 0 bridgehead atoms. The largest absolute Gasteiger partial charge is 0.360 e. The maximum atomic E-state index is 11.4. The van der Waals surface area contributed by atoms with E-state index < -0.39 is 0 Å². The van der Waals surface area contributed by atoms with Crippen molar-refractivity contribution in [3.8, 4) is 0 Å². The van der Waals surface area contributed by atoms with Gasteiger partial charge in [0.25, 0.3) is 0 Å². The summed E-state index contributed by atoms with van der Waals surface area (Å²) < 4.78 is 5.05. The Morgan fingerprint density at radius 2 is 2.06 bits per heavy atom. The van der Waals surface area contributed by atoms with E-state index >= 15 is 0 Å². The molecule has 0 saturated heterocycles. The van der Waals surface area contributed by atoms with E-state index in [-0.39, 0.29) is 5.78 Å². The molecular weight excluding hydrogens is 234 g/mol. The second-order valence-electron chi connectivity index (χ2n) is 3.75. The summed E-state index contributed by atoms with van der Waals surface area (Å²) in [4.78, 5) is 12.2. The van der Waals surface area contributed by atoms with Crippen LogP contribution in [0.15, 0.2) is 39.8 Å². The predicted molar refractivity (Wildman–Crippen MR) is 67.2 cm³/mol. The average molecular weight is 247 g/mol. The molecule has 0 saturated carbocycles. The molecule has 1 aromatic heterocycles. The number of aryl methyl sites for hydroxylation is 1. The zero-order chi connectivity index (χ0) is 12.3. The zero-order valence-corrected chi connectivity index (χ0v) is 10.6. The summed E-state index contributed by atoms with van der Waals surface area (Å²) in [6.45, 7) is 3.33. The number of ketones is 1. The van der Waals surface area contributed by atoms with Crippen LogP contribution in [0.2, 0.25) is 0 Å². The van der Waals surface area contributed by atoms with E-state index in [4.69, 9.17) is 4.52 Å². The summed E-state index contributed by atoms with van der Waals surface area (Å²) in [5, 5.41) is 3.78. The first-order chi connectivity index (χ1) is 8.18. The number of carbonyl (C=O) groups is 1. The maximum Gasteiger partial charge on any atom is 0.182 e. The number of rotatable bonds is 4. The van der Waals surface area contributed by atoms with E-state index in [0.717, 1.165) is 10.6 Å². The molecule has 0 atom stereocenters. The smallest absolute Gasteiger partial charge is 0.182 e. The van der Waals surface area contributed by atoms with Crippen LogP contribution < -0.4 is 0 Å². The Morgan fingerprint density at radius 3 is 2.71 bits per heavy atom. The van der Waals surface area contributed by atoms with E-state index in [0.29, 0.717) is 11.5 Å². The quantitative estimate of drug-likeness (QED) is 0.613. The summed E-state index contributed by atoms with van der Waals surface area (Å²) in [6.07, 6.45) is 0. The van der Waals surface area contributed by atoms with Crippen molar-refractivity contribution < 1.29 is 9.32 Å². The van der Waals surface area contributed by atoms with Gasteiger partial charge in [0.15, 0.2) is 11.5 Å². The van der Waals surface area contributed by atoms with Crippen LogP contribution in [0.5, 0.6) is 0 Å². The normalized spacial score (nSPS) is 10.5. The summed E-state index contributed by atoms with van der Waals surface area (Å²) in [5.74, 6) is 1.46. The van der Waals surface area contributed by atoms with Crippen molar-refractivity contribution in [1.29, 1.82) is 0 Å². The Balaban J connectivity index is 2.14. The van der Waals surface area contributed by atoms with Crippen molar-refractivity contribution in [2.24, 2.45) is 0 Å². The Labute approximate surface area is 104 Å². The Morgan fingerprint density at radius 1 is 1.35 bits per heavy atom. The maximum absolute atomic E-state index is 11.4. The van der Waals surface area contributed by atoms with Crippen LogP contribution in [-0.2, 0) is 5.75 Å². The molecular formula is C13H13NO2S. The fourth-order valence-electron chi connectivity index (χ4n) is 1.49. The molecule has 0 N–H and O–H groups in total. The molecule has 2 aromatic rings. The molecule has 3 nitrogen and oxygen atoms in total. The highest BCUT2D eigenvalue weighted by molar-refractivity contribution is 7.98. The molecule has 0 aliphatic rings. The predicted octanol–water partition coefficient (Wildman–Crippen LogP) is 3.48. The molecule has 1 heterocycles. The Bertz CT molecular complexity index is 519. The molecule has 0 aliphatic carbocycles. The fourth-order valence-corrected chi connectivity index (χ4v) is 2.55. The number of benzene rings is 1. The molecule has 4 heteroatoms. The van der Waals surface area contributed by atoms with Gasteiger partial charge in [0.1, 0.15) is 5.76 Å². The lowest BCUT2D eigenvalue weighted by atomic mass is 10.2. The van der Waals surface area contributed by atoms with Gasteiger partial charge in [-0.25, -0.2) is 0 Å². The van der Waals surface area contributed by atoms with Crippen LogP contribution in [-0.4, -0.2) is 10.9 Å². The van der Waals surface area contributed by atoms with Gasteiger partial charge in [0, 0.05) is 12.7 Å². The number of Topliss-reactive ketones (excluding diaryl/α,β-unsaturated/α-hetero) is 1. The third-order valence-electron chi connectivity index (χ3n) is 2.37. The Kier molecular flexibility index (Phi) is 3.64. The summed E-state index contributed by atoms with van der Waals surface area (Å²) in [5.41, 5.74) is 1.65. The van der Waals surface area contributed by atoms with Gasteiger partial charge in [-0.05, 0) is 12.5 Å². The monoisotopic (exact) mass is 247 g/mol. The first-order valence-corrected chi connectivity index (χ1v) is 6.31. The number of thioether (sulfide) groups is 1.